The molecule has 0 spiro atoms. The first-order valence-corrected chi connectivity index (χ1v) is 8.21. The first-order chi connectivity index (χ1) is 8.75. The maximum absolute atomic E-state index is 3.70. The van der Waals surface area contributed by atoms with E-state index in [1.807, 2.05) is 0 Å². The quantitative estimate of drug-likeness (QED) is 0.808. The molecular weight excluding hydrogens is 220 g/mol. The average molecular weight is 252 g/mol. The van der Waals surface area contributed by atoms with Gasteiger partial charge >= 0.3 is 0 Å². The molecule has 0 aromatic rings. The van der Waals surface area contributed by atoms with E-state index in [1.54, 1.807) is 0 Å². The number of nitrogens with one attached hydrogen (secondary N) is 1. The van der Waals surface area contributed by atoms with Gasteiger partial charge in [0.15, 0.2) is 0 Å². The summed E-state index contributed by atoms with van der Waals surface area (Å²) in [7, 11) is 0. The first kappa shape index (κ1) is 14.3. The van der Waals surface area contributed by atoms with Crippen LogP contribution in [0.5, 0.6) is 0 Å². The van der Waals surface area contributed by atoms with Crippen molar-refractivity contribution in [1.82, 2.24) is 10.2 Å². The third kappa shape index (κ3) is 4.55. The second kappa shape index (κ2) is 7.49. The van der Waals surface area contributed by atoms with E-state index in [4.69, 9.17) is 0 Å². The normalized spacial score (nSPS) is 27.8. The SMILES string of the molecule is CC(C)C1CN(CCCC2CCCC2)CCCN1. The van der Waals surface area contributed by atoms with Gasteiger partial charge in [0.2, 0.25) is 0 Å². The first-order valence-electron chi connectivity index (χ1n) is 8.21. The van der Waals surface area contributed by atoms with E-state index in [9.17, 15) is 0 Å². The highest BCUT2D eigenvalue weighted by atomic mass is 15.2. The third-order valence-corrected chi connectivity index (χ3v) is 4.88. The van der Waals surface area contributed by atoms with Gasteiger partial charge in [-0.25, -0.2) is 0 Å². The van der Waals surface area contributed by atoms with Crippen LogP contribution < -0.4 is 5.32 Å². The number of hydrogen-bond donors (Lipinski definition) is 1. The van der Waals surface area contributed by atoms with Crippen molar-refractivity contribution in [1.29, 1.82) is 0 Å². The van der Waals surface area contributed by atoms with Gasteiger partial charge in [-0.05, 0) is 50.7 Å². The molecule has 2 nitrogen and oxygen atoms in total. The van der Waals surface area contributed by atoms with Crippen molar-refractivity contribution in [3.63, 3.8) is 0 Å². The van der Waals surface area contributed by atoms with E-state index in [2.05, 4.69) is 24.1 Å². The van der Waals surface area contributed by atoms with E-state index in [1.165, 1.54) is 71.1 Å². The molecule has 1 saturated carbocycles. The zero-order valence-electron chi connectivity index (χ0n) is 12.5. The van der Waals surface area contributed by atoms with Gasteiger partial charge in [-0.15, -0.1) is 0 Å². The third-order valence-electron chi connectivity index (χ3n) is 4.88. The minimum atomic E-state index is 0.707. The lowest BCUT2D eigenvalue weighted by atomic mass is 10.0. The molecule has 0 radical (unpaired) electrons. The number of nitrogens with zero attached hydrogens (tertiary/aromatic N) is 1. The molecule has 0 bridgehead atoms. The molecule has 1 N–H and O–H groups in total. The lowest BCUT2D eigenvalue weighted by Crippen LogP contribution is -2.41. The molecule has 106 valence electrons. The predicted octanol–water partition coefficient (Wildman–Crippen LogP) is 3.28. The summed E-state index contributed by atoms with van der Waals surface area (Å²) >= 11 is 0. The zero-order chi connectivity index (χ0) is 12.8. The maximum atomic E-state index is 3.70. The van der Waals surface area contributed by atoms with Crippen LogP contribution in [0.4, 0.5) is 0 Å². The Morgan fingerprint density at radius 1 is 1.17 bits per heavy atom. The minimum absolute atomic E-state index is 0.707. The molecular formula is C16H32N2. The van der Waals surface area contributed by atoms with Gasteiger partial charge in [0.25, 0.3) is 0 Å². The van der Waals surface area contributed by atoms with Crippen LogP contribution in [0, 0.1) is 11.8 Å². The lowest BCUT2D eigenvalue weighted by molar-refractivity contribution is 0.236. The van der Waals surface area contributed by atoms with Crippen molar-refractivity contribution in [3.05, 3.63) is 0 Å². The maximum Gasteiger partial charge on any atom is 0.0217 e. The summed E-state index contributed by atoms with van der Waals surface area (Å²) in [5, 5.41) is 3.70. The van der Waals surface area contributed by atoms with Crippen molar-refractivity contribution < 1.29 is 0 Å². The standard InChI is InChI=1S/C16H32N2/c1-14(2)16-13-18(12-6-10-17-16)11-5-9-15-7-3-4-8-15/h14-17H,3-13H2,1-2H3. The summed E-state index contributed by atoms with van der Waals surface area (Å²) in [6.07, 6.45) is 10.2. The minimum Gasteiger partial charge on any atom is -0.312 e. The van der Waals surface area contributed by atoms with Gasteiger partial charge in [-0.2, -0.15) is 0 Å². The Labute approximate surface area is 114 Å². The molecule has 2 fully saturated rings. The summed E-state index contributed by atoms with van der Waals surface area (Å²) in [6, 6.07) is 0.707. The van der Waals surface area contributed by atoms with Crippen LogP contribution in [0.2, 0.25) is 0 Å². The van der Waals surface area contributed by atoms with Crippen LogP contribution >= 0.6 is 0 Å². The van der Waals surface area contributed by atoms with Gasteiger partial charge in [0.1, 0.15) is 0 Å². The molecule has 1 aliphatic heterocycles. The van der Waals surface area contributed by atoms with Crippen LogP contribution in [0.15, 0.2) is 0 Å². The molecule has 18 heavy (non-hydrogen) atoms. The largest absolute Gasteiger partial charge is 0.312 e. The van der Waals surface area contributed by atoms with Crippen LogP contribution in [0.25, 0.3) is 0 Å². The van der Waals surface area contributed by atoms with Crippen molar-refractivity contribution in [2.24, 2.45) is 11.8 Å². The molecule has 1 unspecified atom stereocenters. The average Bonchev–Trinajstić information content (AvgIpc) is 2.73. The zero-order valence-corrected chi connectivity index (χ0v) is 12.5. The highest BCUT2D eigenvalue weighted by Crippen LogP contribution is 2.28. The lowest BCUT2D eigenvalue weighted by Gasteiger charge is -2.27. The summed E-state index contributed by atoms with van der Waals surface area (Å²) < 4.78 is 0. The summed E-state index contributed by atoms with van der Waals surface area (Å²) in [5.74, 6) is 1.83. The summed E-state index contributed by atoms with van der Waals surface area (Å²) in [4.78, 5) is 2.71. The van der Waals surface area contributed by atoms with Gasteiger partial charge < -0.3 is 10.2 Å². The Bertz CT molecular complexity index is 221. The van der Waals surface area contributed by atoms with E-state index < -0.39 is 0 Å². The fourth-order valence-electron chi connectivity index (χ4n) is 3.58. The van der Waals surface area contributed by atoms with Gasteiger partial charge in [0, 0.05) is 12.6 Å². The van der Waals surface area contributed by atoms with Crippen LogP contribution in [-0.2, 0) is 0 Å². The van der Waals surface area contributed by atoms with Crippen molar-refractivity contribution in [2.45, 2.75) is 64.8 Å². The fraction of sp³-hybridized carbons (Fsp3) is 1.00. The molecule has 0 aromatic carbocycles. The fourth-order valence-corrected chi connectivity index (χ4v) is 3.58. The summed E-state index contributed by atoms with van der Waals surface area (Å²) in [5.41, 5.74) is 0. The molecule has 2 heteroatoms. The molecule has 1 heterocycles. The van der Waals surface area contributed by atoms with Crippen molar-refractivity contribution >= 4 is 0 Å². The highest BCUT2D eigenvalue weighted by Gasteiger charge is 2.20. The monoisotopic (exact) mass is 252 g/mol. The van der Waals surface area contributed by atoms with Crippen LogP contribution in [-0.4, -0.2) is 37.1 Å². The molecule has 1 saturated heterocycles. The second-order valence-electron chi connectivity index (χ2n) is 6.75. The Balaban J connectivity index is 1.66. The van der Waals surface area contributed by atoms with E-state index in [-0.39, 0.29) is 0 Å². The van der Waals surface area contributed by atoms with Gasteiger partial charge in [0.05, 0.1) is 0 Å². The summed E-state index contributed by atoms with van der Waals surface area (Å²) in [6.45, 7) is 9.81. The smallest absolute Gasteiger partial charge is 0.0217 e. The van der Waals surface area contributed by atoms with Crippen molar-refractivity contribution in [3.8, 4) is 0 Å². The Kier molecular flexibility index (Phi) is 5.97. The Morgan fingerprint density at radius 2 is 1.94 bits per heavy atom. The molecule has 2 aliphatic rings. The molecule has 0 aromatic heterocycles. The van der Waals surface area contributed by atoms with Crippen LogP contribution in [0.3, 0.4) is 0 Å². The Hall–Kier alpha value is -0.0800. The topological polar surface area (TPSA) is 15.3 Å². The number of hydrogen-bond acceptors (Lipinski definition) is 2. The molecule has 1 aliphatic carbocycles. The van der Waals surface area contributed by atoms with Crippen molar-refractivity contribution in [2.75, 3.05) is 26.2 Å². The Morgan fingerprint density at radius 3 is 2.67 bits per heavy atom. The molecule has 0 amide bonds. The molecule has 1 atom stereocenters. The van der Waals surface area contributed by atoms with Crippen LogP contribution in [0.1, 0.15) is 58.8 Å². The number of rotatable bonds is 5. The predicted molar refractivity (Wildman–Crippen MR) is 78.9 cm³/mol. The highest BCUT2D eigenvalue weighted by molar-refractivity contribution is 4.79. The van der Waals surface area contributed by atoms with Gasteiger partial charge in [-0.1, -0.05) is 39.5 Å². The molecule has 2 rings (SSSR count). The second-order valence-corrected chi connectivity index (χ2v) is 6.75. The van der Waals surface area contributed by atoms with Gasteiger partial charge in [-0.3, -0.25) is 0 Å². The van der Waals surface area contributed by atoms with E-state index in [0.29, 0.717) is 6.04 Å². The van der Waals surface area contributed by atoms with E-state index in [0.717, 1.165) is 11.8 Å². The van der Waals surface area contributed by atoms with E-state index >= 15 is 0 Å².